The third-order valence-electron chi connectivity index (χ3n) is 4.50. The van der Waals surface area contributed by atoms with Gasteiger partial charge in [-0.15, -0.1) is 0 Å². The molecule has 1 aromatic carbocycles. The molecule has 5 heteroatoms. The van der Waals surface area contributed by atoms with Crippen molar-refractivity contribution < 1.29 is 4.79 Å². The van der Waals surface area contributed by atoms with Gasteiger partial charge >= 0.3 is 0 Å². The van der Waals surface area contributed by atoms with Crippen LogP contribution in [0.3, 0.4) is 0 Å². The fraction of sp³-hybridized carbons (Fsp3) is 0.412. The lowest BCUT2D eigenvalue weighted by Crippen LogP contribution is -2.34. The third-order valence-corrected chi connectivity index (χ3v) is 5.81. The van der Waals surface area contributed by atoms with Crippen LogP contribution >= 0.6 is 23.4 Å². The number of nitrogens with zero attached hydrogens (tertiary/aromatic N) is 2. The van der Waals surface area contributed by atoms with Gasteiger partial charge in [-0.1, -0.05) is 48.3 Å². The van der Waals surface area contributed by atoms with Crippen LogP contribution in [0.5, 0.6) is 0 Å². The zero-order valence-corrected chi connectivity index (χ0v) is 14.2. The molecule has 0 radical (unpaired) electrons. The Hall–Kier alpha value is -1.26. The first kappa shape index (κ1) is 15.6. The van der Waals surface area contributed by atoms with E-state index in [1.807, 2.05) is 42.1 Å². The molecule has 0 N–H and O–H groups in total. The van der Waals surface area contributed by atoms with Crippen molar-refractivity contribution in [2.75, 3.05) is 5.75 Å². The minimum atomic E-state index is -0.331. The second-order valence-electron chi connectivity index (χ2n) is 5.83. The smallest absolute Gasteiger partial charge is 0.168 e. The number of aromatic nitrogens is 2. The van der Waals surface area contributed by atoms with Gasteiger partial charge in [0.1, 0.15) is 0 Å². The molecule has 3 nitrogen and oxygen atoms in total. The first-order valence-electron chi connectivity index (χ1n) is 7.51. The lowest BCUT2D eigenvalue weighted by atomic mass is 9.76. The fourth-order valence-corrected chi connectivity index (χ4v) is 4.30. The summed E-state index contributed by atoms with van der Waals surface area (Å²) < 4.78 is 1.95. The van der Waals surface area contributed by atoms with Crippen molar-refractivity contribution in [1.29, 1.82) is 0 Å². The highest BCUT2D eigenvalue weighted by Gasteiger charge is 2.42. The van der Waals surface area contributed by atoms with Crippen molar-refractivity contribution in [2.24, 2.45) is 7.05 Å². The molecule has 0 spiro atoms. The minimum Gasteiger partial charge on any atom is -0.329 e. The Morgan fingerprint density at radius 2 is 2.00 bits per heavy atom. The lowest BCUT2D eigenvalue weighted by Gasteiger charge is -2.28. The molecule has 1 saturated carbocycles. The number of Topliss-reactive ketones (excluding diaryl/α,β-unsaturated/α-hetero) is 1. The number of aryl methyl sites for hydroxylation is 1. The topological polar surface area (TPSA) is 34.9 Å². The molecule has 3 rings (SSSR count). The van der Waals surface area contributed by atoms with E-state index in [1.165, 1.54) is 11.8 Å². The molecule has 1 aromatic heterocycles. The minimum absolute atomic E-state index is 0.306. The third kappa shape index (κ3) is 2.95. The molecule has 2 aromatic rings. The van der Waals surface area contributed by atoms with Crippen molar-refractivity contribution in [3.05, 3.63) is 47.2 Å². The van der Waals surface area contributed by atoms with E-state index in [1.54, 1.807) is 6.20 Å². The van der Waals surface area contributed by atoms with Gasteiger partial charge in [0.15, 0.2) is 10.9 Å². The number of ketones is 1. The van der Waals surface area contributed by atoms with Gasteiger partial charge in [-0.25, -0.2) is 4.98 Å². The molecule has 116 valence electrons. The summed E-state index contributed by atoms with van der Waals surface area (Å²) in [5, 5.41) is 1.60. The molecule has 0 amide bonds. The Bertz CT molecular complexity index is 660. The number of halogens is 1. The van der Waals surface area contributed by atoms with Crippen molar-refractivity contribution >= 4 is 29.1 Å². The summed E-state index contributed by atoms with van der Waals surface area (Å²) in [4.78, 5) is 17.2. The maximum Gasteiger partial charge on any atom is 0.168 e. The highest BCUT2D eigenvalue weighted by atomic mass is 35.5. The Kier molecular flexibility index (Phi) is 4.59. The number of carbonyl (C=O) groups excluding carboxylic acids is 1. The zero-order chi connectivity index (χ0) is 15.6. The summed E-state index contributed by atoms with van der Waals surface area (Å²) in [5.41, 5.74) is 0.780. The van der Waals surface area contributed by atoms with E-state index in [0.29, 0.717) is 16.6 Å². The SMILES string of the molecule is Cn1ccnc1SCC(=O)C1(c2ccc(Cl)cc2)CCCC1. The van der Waals surface area contributed by atoms with Crippen molar-refractivity contribution in [3.8, 4) is 0 Å². The monoisotopic (exact) mass is 334 g/mol. The predicted molar refractivity (Wildman–Crippen MR) is 90.5 cm³/mol. The van der Waals surface area contributed by atoms with E-state index in [9.17, 15) is 4.79 Å². The van der Waals surface area contributed by atoms with Gasteiger partial charge in [-0.2, -0.15) is 0 Å². The lowest BCUT2D eigenvalue weighted by molar-refractivity contribution is -0.121. The van der Waals surface area contributed by atoms with E-state index < -0.39 is 0 Å². The molecular formula is C17H19ClN2OS. The Morgan fingerprint density at radius 1 is 1.32 bits per heavy atom. The van der Waals surface area contributed by atoms with Gasteiger partial charge in [0.25, 0.3) is 0 Å². The molecule has 1 fully saturated rings. The zero-order valence-electron chi connectivity index (χ0n) is 12.6. The number of imidazole rings is 1. The number of rotatable bonds is 5. The van der Waals surface area contributed by atoms with E-state index in [2.05, 4.69) is 4.98 Å². The summed E-state index contributed by atoms with van der Waals surface area (Å²) in [6.07, 6.45) is 7.76. The summed E-state index contributed by atoms with van der Waals surface area (Å²) in [6, 6.07) is 7.79. The van der Waals surface area contributed by atoms with E-state index in [-0.39, 0.29) is 5.41 Å². The predicted octanol–water partition coefficient (Wildman–Crippen LogP) is 4.25. The standard InChI is InChI=1S/C17H19ClN2OS/c1-20-11-10-19-16(20)22-12-15(21)17(8-2-3-9-17)13-4-6-14(18)7-5-13/h4-7,10-11H,2-3,8-9,12H2,1H3. The van der Waals surface area contributed by atoms with Crippen LogP contribution in [0.1, 0.15) is 31.2 Å². The molecule has 0 unspecified atom stereocenters. The van der Waals surface area contributed by atoms with Gasteiger partial charge in [0.2, 0.25) is 0 Å². The summed E-state index contributed by atoms with van der Waals surface area (Å²) in [6.45, 7) is 0. The van der Waals surface area contributed by atoms with Crippen LogP contribution in [0, 0.1) is 0 Å². The van der Waals surface area contributed by atoms with Crippen LogP contribution in [0.15, 0.2) is 41.8 Å². The van der Waals surface area contributed by atoms with Crippen LogP contribution < -0.4 is 0 Å². The maximum atomic E-state index is 13.0. The van der Waals surface area contributed by atoms with Crippen LogP contribution in [0.25, 0.3) is 0 Å². The Labute approximate surface area is 140 Å². The Morgan fingerprint density at radius 3 is 2.59 bits per heavy atom. The van der Waals surface area contributed by atoms with Crippen LogP contribution in [-0.2, 0) is 17.3 Å². The number of thioether (sulfide) groups is 1. The normalized spacial score (nSPS) is 16.8. The molecular weight excluding hydrogens is 316 g/mol. The van der Waals surface area contributed by atoms with Gasteiger partial charge in [-0.05, 0) is 30.5 Å². The second kappa shape index (κ2) is 6.47. The highest BCUT2D eigenvalue weighted by Crippen LogP contribution is 2.43. The number of hydrogen-bond donors (Lipinski definition) is 0. The van der Waals surface area contributed by atoms with Gasteiger partial charge in [0.05, 0.1) is 11.2 Å². The summed E-state index contributed by atoms with van der Waals surface area (Å²) in [5.74, 6) is 0.772. The number of benzene rings is 1. The Balaban J connectivity index is 1.79. The average Bonchev–Trinajstić information content (AvgIpc) is 3.15. The molecule has 1 heterocycles. The van der Waals surface area contributed by atoms with Crippen LogP contribution in [0.2, 0.25) is 5.02 Å². The molecule has 1 aliphatic carbocycles. The van der Waals surface area contributed by atoms with Crippen molar-refractivity contribution in [1.82, 2.24) is 9.55 Å². The molecule has 0 bridgehead atoms. The van der Waals surface area contributed by atoms with E-state index >= 15 is 0 Å². The molecule has 0 saturated heterocycles. The largest absolute Gasteiger partial charge is 0.329 e. The molecule has 1 aliphatic rings. The highest BCUT2D eigenvalue weighted by molar-refractivity contribution is 7.99. The first-order chi connectivity index (χ1) is 10.6. The maximum absolute atomic E-state index is 13.0. The fourth-order valence-electron chi connectivity index (χ4n) is 3.24. The van der Waals surface area contributed by atoms with E-state index in [0.717, 1.165) is 36.4 Å². The summed E-state index contributed by atoms with van der Waals surface area (Å²) in [7, 11) is 1.95. The quantitative estimate of drug-likeness (QED) is 0.767. The number of carbonyl (C=O) groups is 1. The van der Waals surface area contributed by atoms with Crippen molar-refractivity contribution in [2.45, 2.75) is 36.3 Å². The molecule has 0 aliphatic heterocycles. The molecule has 22 heavy (non-hydrogen) atoms. The summed E-state index contributed by atoms with van der Waals surface area (Å²) >= 11 is 7.51. The van der Waals surface area contributed by atoms with Gasteiger partial charge in [0, 0.05) is 24.5 Å². The number of hydrogen-bond acceptors (Lipinski definition) is 3. The van der Waals surface area contributed by atoms with Gasteiger partial charge in [-0.3, -0.25) is 4.79 Å². The second-order valence-corrected chi connectivity index (χ2v) is 7.21. The van der Waals surface area contributed by atoms with Crippen LogP contribution in [-0.4, -0.2) is 21.1 Å². The van der Waals surface area contributed by atoms with Crippen molar-refractivity contribution in [3.63, 3.8) is 0 Å². The average molecular weight is 335 g/mol. The first-order valence-corrected chi connectivity index (χ1v) is 8.88. The van der Waals surface area contributed by atoms with Crippen LogP contribution in [0.4, 0.5) is 0 Å². The van der Waals surface area contributed by atoms with E-state index in [4.69, 9.17) is 11.6 Å². The van der Waals surface area contributed by atoms with Gasteiger partial charge < -0.3 is 4.57 Å². The molecule has 0 atom stereocenters.